The Morgan fingerprint density at radius 3 is 2.36 bits per heavy atom. The summed E-state index contributed by atoms with van der Waals surface area (Å²) in [5.74, 6) is -0.0486. The second-order valence-corrected chi connectivity index (χ2v) is 3.56. The lowest BCUT2D eigenvalue weighted by molar-refractivity contribution is -0.183. The molecule has 0 amide bonds. The predicted octanol–water partition coefficient (Wildman–Crippen LogP) is 2.14. The van der Waals surface area contributed by atoms with E-state index in [-0.39, 0.29) is 5.82 Å². The second-order valence-electron chi connectivity index (χ2n) is 3.56. The van der Waals surface area contributed by atoms with Crippen LogP contribution in [0.3, 0.4) is 0 Å². The fraction of sp³-hybridized carbons (Fsp3) is 0.750. The van der Waals surface area contributed by atoms with Crippen LogP contribution in [0.15, 0.2) is 6.33 Å². The monoisotopic (exact) mass is 207 g/mol. The van der Waals surface area contributed by atoms with Gasteiger partial charge < -0.3 is 4.57 Å². The fourth-order valence-corrected chi connectivity index (χ4v) is 1.10. The van der Waals surface area contributed by atoms with Crippen molar-refractivity contribution in [2.24, 2.45) is 0 Å². The number of aryl methyl sites for hydroxylation is 1. The Kier molecular flexibility index (Phi) is 2.56. The van der Waals surface area contributed by atoms with E-state index in [4.69, 9.17) is 0 Å². The van der Waals surface area contributed by atoms with Crippen LogP contribution in [0.5, 0.6) is 0 Å². The molecular weight excluding hydrogens is 195 g/mol. The van der Waals surface area contributed by atoms with Crippen molar-refractivity contribution in [1.29, 1.82) is 0 Å². The number of rotatable bonds is 2. The molecule has 0 aliphatic heterocycles. The lowest BCUT2D eigenvalue weighted by Crippen LogP contribution is -2.39. The van der Waals surface area contributed by atoms with Crippen LogP contribution in [0, 0.1) is 0 Å². The van der Waals surface area contributed by atoms with Crippen LogP contribution < -0.4 is 0 Å². The molecule has 0 aliphatic carbocycles. The fourth-order valence-electron chi connectivity index (χ4n) is 1.10. The zero-order valence-electron chi connectivity index (χ0n) is 8.26. The number of hydrogen-bond acceptors (Lipinski definition) is 2. The van der Waals surface area contributed by atoms with E-state index in [1.165, 1.54) is 10.9 Å². The van der Waals surface area contributed by atoms with Gasteiger partial charge in [-0.2, -0.15) is 13.2 Å². The molecule has 1 rings (SSSR count). The highest BCUT2D eigenvalue weighted by atomic mass is 19.4. The van der Waals surface area contributed by atoms with Crippen molar-refractivity contribution in [3.05, 3.63) is 12.2 Å². The first-order valence-corrected chi connectivity index (χ1v) is 4.25. The summed E-state index contributed by atoms with van der Waals surface area (Å²) in [6.07, 6.45) is -3.00. The van der Waals surface area contributed by atoms with Crippen molar-refractivity contribution in [1.82, 2.24) is 14.8 Å². The summed E-state index contributed by atoms with van der Waals surface area (Å²) in [5.41, 5.74) is -1.96. The Labute approximate surface area is 79.9 Å². The molecule has 14 heavy (non-hydrogen) atoms. The largest absolute Gasteiger partial charge is 0.400 e. The molecule has 0 fully saturated rings. The minimum atomic E-state index is -4.31. The molecule has 0 unspecified atom stereocenters. The van der Waals surface area contributed by atoms with E-state index >= 15 is 0 Å². The van der Waals surface area contributed by atoms with Crippen LogP contribution in [-0.2, 0) is 12.0 Å². The van der Waals surface area contributed by atoms with Crippen molar-refractivity contribution in [2.75, 3.05) is 0 Å². The highest BCUT2D eigenvalue weighted by molar-refractivity contribution is 5.07. The Morgan fingerprint density at radius 1 is 1.36 bits per heavy atom. The van der Waals surface area contributed by atoms with Gasteiger partial charge in [0.25, 0.3) is 0 Å². The second kappa shape index (κ2) is 3.25. The molecular formula is C8H12F3N3. The van der Waals surface area contributed by atoms with Crippen molar-refractivity contribution in [2.45, 2.75) is 38.9 Å². The molecule has 0 N–H and O–H groups in total. The van der Waals surface area contributed by atoms with Crippen LogP contribution >= 0.6 is 0 Å². The number of hydrogen-bond donors (Lipinski definition) is 0. The molecule has 1 heterocycles. The number of halogens is 3. The van der Waals surface area contributed by atoms with E-state index in [1.54, 1.807) is 6.92 Å². The smallest absolute Gasteiger partial charge is 0.317 e. The van der Waals surface area contributed by atoms with Crippen molar-refractivity contribution >= 4 is 0 Å². The maximum absolute atomic E-state index is 12.6. The highest BCUT2D eigenvalue weighted by Crippen LogP contribution is 2.39. The molecule has 0 spiro atoms. The molecule has 6 heteroatoms. The first-order valence-electron chi connectivity index (χ1n) is 4.25. The Morgan fingerprint density at radius 2 is 1.93 bits per heavy atom. The summed E-state index contributed by atoms with van der Waals surface area (Å²) in [5, 5.41) is 7.00. The van der Waals surface area contributed by atoms with Gasteiger partial charge in [0, 0.05) is 6.54 Å². The topological polar surface area (TPSA) is 30.7 Å². The lowest BCUT2D eigenvalue weighted by Gasteiger charge is -2.26. The van der Waals surface area contributed by atoms with Gasteiger partial charge in [0.2, 0.25) is 0 Å². The minimum absolute atomic E-state index is 0.0486. The predicted molar refractivity (Wildman–Crippen MR) is 44.8 cm³/mol. The molecule has 1 aromatic heterocycles. The van der Waals surface area contributed by atoms with Crippen LogP contribution in [0.1, 0.15) is 26.6 Å². The zero-order valence-corrected chi connectivity index (χ0v) is 8.26. The third-order valence-electron chi connectivity index (χ3n) is 2.22. The average Bonchev–Trinajstić information content (AvgIpc) is 2.49. The lowest BCUT2D eigenvalue weighted by atomic mass is 9.91. The maximum atomic E-state index is 12.6. The van der Waals surface area contributed by atoms with Gasteiger partial charge in [-0.3, -0.25) is 0 Å². The van der Waals surface area contributed by atoms with E-state index in [0.29, 0.717) is 6.54 Å². The summed E-state index contributed by atoms with van der Waals surface area (Å²) in [4.78, 5) is 0. The highest BCUT2D eigenvalue weighted by Gasteiger charge is 2.51. The molecule has 0 saturated heterocycles. The van der Waals surface area contributed by atoms with Crippen LogP contribution in [0.25, 0.3) is 0 Å². The van der Waals surface area contributed by atoms with Crippen LogP contribution in [0.2, 0.25) is 0 Å². The molecule has 0 bridgehead atoms. The first kappa shape index (κ1) is 11.0. The van der Waals surface area contributed by atoms with Crippen LogP contribution in [-0.4, -0.2) is 20.9 Å². The number of aromatic nitrogens is 3. The van der Waals surface area contributed by atoms with Gasteiger partial charge in [-0.15, -0.1) is 10.2 Å². The van der Waals surface area contributed by atoms with Gasteiger partial charge >= 0.3 is 6.18 Å². The van der Waals surface area contributed by atoms with Crippen molar-refractivity contribution in [3.8, 4) is 0 Å². The first-order chi connectivity index (χ1) is 6.30. The normalized spacial score (nSPS) is 13.3. The maximum Gasteiger partial charge on any atom is 0.400 e. The number of nitrogens with zero attached hydrogens (tertiary/aromatic N) is 3. The summed E-state index contributed by atoms with van der Waals surface area (Å²) >= 11 is 0. The molecule has 0 atom stereocenters. The Hall–Kier alpha value is -1.07. The molecule has 0 aliphatic rings. The quantitative estimate of drug-likeness (QED) is 0.743. The molecule has 1 aromatic rings. The molecule has 0 aromatic carbocycles. The standard InChI is InChI=1S/C8H12F3N3/c1-4-14-5-12-13-6(14)7(2,3)8(9,10)11/h5H,4H2,1-3H3. The van der Waals surface area contributed by atoms with Crippen molar-refractivity contribution in [3.63, 3.8) is 0 Å². The van der Waals surface area contributed by atoms with E-state index < -0.39 is 11.6 Å². The summed E-state index contributed by atoms with van der Waals surface area (Å²) in [6, 6.07) is 0. The van der Waals surface area contributed by atoms with Gasteiger partial charge in [-0.05, 0) is 20.8 Å². The molecule has 80 valence electrons. The summed E-state index contributed by atoms with van der Waals surface area (Å²) in [6.45, 7) is 4.38. The SMILES string of the molecule is CCn1cnnc1C(C)(C)C(F)(F)F. The van der Waals surface area contributed by atoms with E-state index in [9.17, 15) is 13.2 Å². The summed E-state index contributed by atoms with van der Waals surface area (Å²) < 4.78 is 39.3. The average molecular weight is 207 g/mol. The molecule has 0 radical (unpaired) electrons. The Bertz CT molecular complexity index is 314. The van der Waals surface area contributed by atoms with Crippen molar-refractivity contribution < 1.29 is 13.2 Å². The van der Waals surface area contributed by atoms with Gasteiger partial charge in [0.15, 0.2) is 0 Å². The van der Waals surface area contributed by atoms with Crippen LogP contribution in [0.4, 0.5) is 13.2 Å². The number of alkyl halides is 3. The zero-order chi connectivity index (χ0) is 11.0. The third-order valence-corrected chi connectivity index (χ3v) is 2.22. The molecule has 3 nitrogen and oxygen atoms in total. The Balaban J connectivity index is 3.16. The van der Waals surface area contributed by atoms with E-state index in [1.807, 2.05) is 0 Å². The summed E-state index contributed by atoms with van der Waals surface area (Å²) in [7, 11) is 0. The van der Waals surface area contributed by atoms with E-state index in [0.717, 1.165) is 13.8 Å². The third kappa shape index (κ3) is 1.60. The molecule has 0 saturated carbocycles. The van der Waals surface area contributed by atoms with Gasteiger partial charge in [0.05, 0.1) is 0 Å². The van der Waals surface area contributed by atoms with Gasteiger partial charge in [0.1, 0.15) is 17.6 Å². The minimum Gasteiger partial charge on any atom is -0.317 e. The van der Waals surface area contributed by atoms with Gasteiger partial charge in [-0.1, -0.05) is 0 Å². The van der Waals surface area contributed by atoms with E-state index in [2.05, 4.69) is 10.2 Å². The van der Waals surface area contributed by atoms with Gasteiger partial charge in [-0.25, -0.2) is 0 Å².